The number of anilines is 1. The molecule has 24 heavy (non-hydrogen) atoms. The van der Waals surface area contributed by atoms with Crippen molar-refractivity contribution < 1.29 is 4.42 Å². The molecule has 0 aliphatic heterocycles. The predicted octanol–water partition coefficient (Wildman–Crippen LogP) is 3.98. The largest absolute Gasteiger partial charge is 0.419 e. The van der Waals surface area contributed by atoms with Gasteiger partial charge in [0.2, 0.25) is 17.5 Å². The molecule has 1 heterocycles. The molecule has 2 N–H and O–H groups in total. The van der Waals surface area contributed by atoms with Crippen LogP contribution in [-0.2, 0) is 0 Å². The summed E-state index contributed by atoms with van der Waals surface area (Å²) in [7, 11) is 0. The Morgan fingerprint density at radius 2 is 1.96 bits per heavy atom. The van der Waals surface area contributed by atoms with Gasteiger partial charge in [-0.25, -0.2) is 0 Å². The zero-order chi connectivity index (χ0) is 16.9. The van der Waals surface area contributed by atoms with E-state index in [2.05, 4.69) is 35.5 Å². The van der Waals surface area contributed by atoms with Gasteiger partial charge in [0.25, 0.3) is 0 Å². The quantitative estimate of drug-likeness (QED) is 0.531. The summed E-state index contributed by atoms with van der Waals surface area (Å²) in [6.07, 6.45) is 0. The number of rotatable bonds is 6. The summed E-state index contributed by atoms with van der Waals surface area (Å²) in [6, 6.07) is 16.1. The molecular weight excluding hydrogens is 300 g/mol. The average Bonchev–Trinajstić information content (AvgIpc) is 3.01. The second-order valence-corrected chi connectivity index (χ2v) is 6.04. The third-order valence-corrected chi connectivity index (χ3v) is 3.68. The molecule has 0 saturated carbocycles. The van der Waals surface area contributed by atoms with Gasteiger partial charge in [-0.15, -0.1) is 0 Å². The second-order valence-electron chi connectivity index (χ2n) is 6.04. The van der Waals surface area contributed by atoms with Gasteiger partial charge in [-0.2, -0.15) is 10.2 Å². The maximum atomic E-state index is 9.30. The Kier molecular flexibility index (Phi) is 4.78. The van der Waals surface area contributed by atoms with Gasteiger partial charge < -0.3 is 9.73 Å². The van der Waals surface area contributed by atoms with Crippen molar-refractivity contribution in [3.8, 4) is 17.5 Å². The van der Waals surface area contributed by atoms with Crippen molar-refractivity contribution in [1.82, 2.24) is 10.3 Å². The van der Waals surface area contributed by atoms with Crippen molar-refractivity contribution in [1.29, 1.82) is 5.26 Å². The van der Waals surface area contributed by atoms with Crippen LogP contribution < -0.4 is 10.6 Å². The summed E-state index contributed by atoms with van der Waals surface area (Å²) < 4.78 is 5.82. The van der Waals surface area contributed by atoms with E-state index in [4.69, 9.17) is 4.42 Å². The summed E-state index contributed by atoms with van der Waals surface area (Å²) in [5.74, 6) is 1.41. The van der Waals surface area contributed by atoms with E-state index in [0.29, 0.717) is 24.4 Å². The number of nitrogens with one attached hydrogen (secondary N) is 2. The summed E-state index contributed by atoms with van der Waals surface area (Å²) in [6.45, 7) is 5.69. The van der Waals surface area contributed by atoms with Crippen LogP contribution in [0.25, 0.3) is 22.2 Å². The lowest BCUT2D eigenvalue weighted by atomic mass is 10.0. The number of nitriles is 1. The fraction of sp³-hybridized carbons (Fsp3) is 0.263. The zero-order valence-electron chi connectivity index (χ0n) is 13.8. The third-order valence-electron chi connectivity index (χ3n) is 3.68. The number of aromatic nitrogens is 1. The van der Waals surface area contributed by atoms with Crippen molar-refractivity contribution in [2.24, 2.45) is 5.92 Å². The van der Waals surface area contributed by atoms with Crippen LogP contribution >= 0.6 is 0 Å². The van der Waals surface area contributed by atoms with Gasteiger partial charge in [-0.1, -0.05) is 50.2 Å². The molecule has 0 spiro atoms. The van der Waals surface area contributed by atoms with E-state index in [0.717, 1.165) is 22.9 Å². The molecule has 0 unspecified atom stereocenters. The first kappa shape index (κ1) is 16.0. The van der Waals surface area contributed by atoms with Crippen LogP contribution in [0.1, 0.15) is 19.5 Å². The lowest BCUT2D eigenvalue weighted by Gasteiger charge is -2.07. The smallest absolute Gasteiger partial charge is 0.233 e. The van der Waals surface area contributed by atoms with Gasteiger partial charge >= 0.3 is 0 Å². The van der Waals surface area contributed by atoms with Crippen LogP contribution in [0.5, 0.6) is 0 Å². The van der Waals surface area contributed by atoms with Gasteiger partial charge in [-0.3, -0.25) is 5.32 Å². The van der Waals surface area contributed by atoms with Gasteiger partial charge in [0.05, 0.1) is 6.67 Å². The molecule has 5 heteroatoms. The highest BCUT2D eigenvalue weighted by Crippen LogP contribution is 2.30. The molecule has 0 aliphatic carbocycles. The Morgan fingerprint density at radius 3 is 2.75 bits per heavy atom. The molecule has 1 aromatic heterocycles. The summed E-state index contributed by atoms with van der Waals surface area (Å²) >= 11 is 0. The van der Waals surface area contributed by atoms with E-state index in [-0.39, 0.29) is 5.69 Å². The Hall–Kier alpha value is -2.84. The van der Waals surface area contributed by atoms with Gasteiger partial charge in [-0.05, 0) is 29.3 Å². The van der Waals surface area contributed by atoms with Crippen molar-refractivity contribution in [2.75, 3.05) is 18.5 Å². The van der Waals surface area contributed by atoms with Crippen LogP contribution in [0.2, 0.25) is 0 Å². The molecular formula is C19H20N4O. The average molecular weight is 320 g/mol. The molecule has 3 aromatic rings. The first-order valence-electron chi connectivity index (χ1n) is 8.02. The topological polar surface area (TPSA) is 73.9 Å². The van der Waals surface area contributed by atoms with E-state index >= 15 is 0 Å². The lowest BCUT2D eigenvalue weighted by molar-refractivity contribution is 0.550. The van der Waals surface area contributed by atoms with Gasteiger partial charge in [0.1, 0.15) is 6.07 Å². The third kappa shape index (κ3) is 3.39. The summed E-state index contributed by atoms with van der Waals surface area (Å²) in [5, 5.41) is 17.8. The number of oxazole rings is 1. The maximum absolute atomic E-state index is 9.30. The normalized spacial score (nSPS) is 10.9. The molecule has 0 aliphatic rings. The molecule has 0 atom stereocenters. The standard InChI is InChI=1S/C19H20N4O/c1-13(2)11-21-12-22-19-17(10-20)23-18(24-19)16-9-5-7-14-6-3-4-8-15(14)16/h3-9,13,21-22H,11-12H2,1-2H3. The summed E-state index contributed by atoms with van der Waals surface area (Å²) in [4.78, 5) is 4.34. The molecule has 2 aromatic carbocycles. The predicted molar refractivity (Wildman–Crippen MR) is 95.5 cm³/mol. The molecule has 0 fully saturated rings. The van der Waals surface area contributed by atoms with Crippen molar-refractivity contribution >= 4 is 16.7 Å². The van der Waals surface area contributed by atoms with Gasteiger partial charge in [0, 0.05) is 5.56 Å². The zero-order valence-corrected chi connectivity index (χ0v) is 13.8. The highest BCUT2D eigenvalue weighted by molar-refractivity contribution is 5.94. The first-order chi connectivity index (χ1) is 11.7. The van der Waals surface area contributed by atoms with E-state index in [1.54, 1.807) is 0 Å². The number of benzene rings is 2. The molecule has 0 radical (unpaired) electrons. The van der Waals surface area contributed by atoms with Crippen molar-refractivity contribution in [3.05, 3.63) is 48.2 Å². The van der Waals surface area contributed by atoms with E-state index in [1.807, 2.05) is 42.5 Å². The SMILES string of the molecule is CC(C)CNCNc1oc(-c2cccc3ccccc23)nc1C#N. The minimum absolute atomic E-state index is 0.268. The Bertz CT molecular complexity index is 871. The maximum Gasteiger partial charge on any atom is 0.233 e. The Labute approximate surface area is 141 Å². The number of fused-ring (bicyclic) bond motifs is 1. The molecule has 122 valence electrons. The van der Waals surface area contributed by atoms with Crippen molar-refractivity contribution in [2.45, 2.75) is 13.8 Å². The number of hydrogen-bond acceptors (Lipinski definition) is 5. The van der Waals surface area contributed by atoms with Crippen LogP contribution in [0.4, 0.5) is 5.88 Å². The Balaban J connectivity index is 1.88. The Morgan fingerprint density at radius 1 is 1.17 bits per heavy atom. The molecule has 0 amide bonds. The monoisotopic (exact) mass is 320 g/mol. The van der Waals surface area contributed by atoms with Crippen LogP contribution in [0, 0.1) is 17.2 Å². The van der Waals surface area contributed by atoms with E-state index < -0.39 is 0 Å². The van der Waals surface area contributed by atoms with Crippen LogP contribution in [0.15, 0.2) is 46.9 Å². The van der Waals surface area contributed by atoms with E-state index in [1.165, 1.54) is 0 Å². The minimum atomic E-state index is 0.268. The summed E-state index contributed by atoms with van der Waals surface area (Å²) in [5.41, 5.74) is 1.15. The first-order valence-corrected chi connectivity index (χ1v) is 8.02. The number of hydrogen-bond donors (Lipinski definition) is 2. The van der Waals surface area contributed by atoms with Crippen LogP contribution in [-0.4, -0.2) is 18.2 Å². The van der Waals surface area contributed by atoms with E-state index in [9.17, 15) is 5.26 Å². The fourth-order valence-electron chi connectivity index (χ4n) is 2.55. The molecule has 5 nitrogen and oxygen atoms in total. The van der Waals surface area contributed by atoms with Crippen LogP contribution in [0.3, 0.4) is 0 Å². The van der Waals surface area contributed by atoms with Crippen molar-refractivity contribution in [3.63, 3.8) is 0 Å². The lowest BCUT2D eigenvalue weighted by Crippen LogP contribution is -2.25. The highest BCUT2D eigenvalue weighted by atomic mass is 16.4. The minimum Gasteiger partial charge on any atom is -0.419 e. The molecule has 0 saturated heterocycles. The number of nitrogens with zero attached hydrogens (tertiary/aromatic N) is 2. The fourth-order valence-corrected chi connectivity index (χ4v) is 2.55. The van der Waals surface area contributed by atoms with Gasteiger partial charge in [0.15, 0.2) is 0 Å². The molecule has 3 rings (SSSR count). The second kappa shape index (κ2) is 7.16. The highest BCUT2D eigenvalue weighted by Gasteiger charge is 2.15. The molecule has 0 bridgehead atoms.